The maximum atomic E-state index is 14.1. The third kappa shape index (κ3) is 3.37. The summed E-state index contributed by atoms with van der Waals surface area (Å²) in [5.74, 6) is 0.109. The summed E-state index contributed by atoms with van der Waals surface area (Å²) in [6.07, 6.45) is 7.95. The van der Waals surface area contributed by atoms with Crippen LogP contribution in [-0.4, -0.2) is 37.7 Å². The van der Waals surface area contributed by atoms with E-state index < -0.39 is 5.82 Å². The van der Waals surface area contributed by atoms with E-state index in [9.17, 15) is 9.50 Å². The smallest absolute Gasteiger partial charge is 0.183 e. The van der Waals surface area contributed by atoms with Gasteiger partial charge >= 0.3 is 0 Å². The molecule has 4 rings (SSSR count). The van der Waals surface area contributed by atoms with Gasteiger partial charge in [0.2, 0.25) is 0 Å². The van der Waals surface area contributed by atoms with E-state index in [2.05, 4.69) is 25.3 Å². The first-order chi connectivity index (χ1) is 12.6. The van der Waals surface area contributed by atoms with Gasteiger partial charge in [-0.05, 0) is 18.9 Å². The predicted molar refractivity (Wildman–Crippen MR) is 98.5 cm³/mol. The van der Waals surface area contributed by atoms with Gasteiger partial charge in [-0.15, -0.1) is 0 Å². The number of pyridine rings is 1. The third-order valence-electron chi connectivity index (χ3n) is 4.88. The zero-order valence-electron chi connectivity index (χ0n) is 14.0. The molecule has 2 atom stereocenters. The molecule has 3 N–H and O–H groups in total. The number of nitrogens with one attached hydrogen (secondary N) is 2. The number of aliphatic hydroxyl groups excluding tert-OH is 1. The standard InChI is InChI=1S/C18H19ClFN5O/c19-11-5-12-13(8-23-16(12)22-7-11)17-24-9-14(20)18(25-17)21-6-10-3-1-2-4-15(10)26/h5,7-10,15,26H,1-4,6H2,(H,22,23)(H,21,24,25). The molecule has 136 valence electrons. The summed E-state index contributed by atoms with van der Waals surface area (Å²) in [4.78, 5) is 15.7. The van der Waals surface area contributed by atoms with Gasteiger partial charge in [0.25, 0.3) is 0 Å². The number of halogens is 2. The maximum absolute atomic E-state index is 14.1. The van der Waals surface area contributed by atoms with Crippen molar-refractivity contribution in [3.8, 4) is 11.4 Å². The van der Waals surface area contributed by atoms with E-state index in [4.69, 9.17) is 11.6 Å². The van der Waals surface area contributed by atoms with E-state index in [1.165, 1.54) is 0 Å². The molecule has 2 unspecified atom stereocenters. The number of nitrogens with zero attached hydrogens (tertiary/aromatic N) is 3. The maximum Gasteiger partial charge on any atom is 0.183 e. The summed E-state index contributed by atoms with van der Waals surface area (Å²) in [6.45, 7) is 0.482. The second kappa shape index (κ2) is 7.17. The van der Waals surface area contributed by atoms with Gasteiger partial charge in [-0.25, -0.2) is 19.3 Å². The number of fused-ring (bicyclic) bond motifs is 1. The van der Waals surface area contributed by atoms with Crippen molar-refractivity contribution in [2.45, 2.75) is 31.8 Å². The van der Waals surface area contributed by atoms with Gasteiger partial charge in [0, 0.05) is 35.8 Å². The number of H-pyrrole nitrogens is 1. The largest absolute Gasteiger partial charge is 0.393 e. The van der Waals surface area contributed by atoms with E-state index in [0.29, 0.717) is 28.6 Å². The van der Waals surface area contributed by atoms with Crippen LogP contribution >= 0.6 is 11.6 Å². The molecule has 1 aliphatic rings. The van der Waals surface area contributed by atoms with Crippen LogP contribution in [0, 0.1) is 11.7 Å². The first kappa shape index (κ1) is 17.2. The van der Waals surface area contributed by atoms with Crippen molar-refractivity contribution in [1.29, 1.82) is 0 Å². The Hall–Kier alpha value is -2.25. The second-order valence-corrected chi connectivity index (χ2v) is 7.07. The van der Waals surface area contributed by atoms with Crippen LogP contribution in [0.2, 0.25) is 5.02 Å². The van der Waals surface area contributed by atoms with Crippen LogP contribution in [0.4, 0.5) is 10.2 Å². The van der Waals surface area contributed by atoms with Gasteiger partial charge in [0.15, 0.2) is 17.5 Å². The van der Waals surface area contributed by atoms with E-state index in [0.717, 1.165) is 37.3 Å². The monoisotopic (exact) mass is 375 g/mol. The van der Waals surface area contributed by atoms with Gasteiger partial charge in [0.05, 0.1) is 17.3 Å². The Morgan fingerprint density at radius 3 is 2.96 bits per heavy atom. The Morgan fingerprint density at radius 2 is 2.12 bits per heavy atom. The fourth-order valence-electron chi connectivity index (χ4n) is 3.44. The number of hydrogen-bond donors (Lipinski definition) is 3. The Labute approximate surface area is 154 Å². The van der Waals surface area contributed by atoms with Gasteiger partial charge in [0.1, 0.15) is 5.65 Å². The minimum atomic E-state index is -0.518. The number of anilines is 1. The van der Waals surface area contributed by atoms with E-state index >= 15 is 0 Å². The average molecular weight is 376 g/mol. The molecule has 0 aromatic carbocycles. The van der Waals surface area contributed by atoms with Crippen LogP contribution in [-0.2, 0) is 0 Å². The fraction of sp³-hybridized carbons (Fsp3) is 0.389. The summed E-state index contributed by atoms with van der Waals surface area (Å²) in [6, 6.07) is 1.77. The molecule has 1 saturated carbocycles. The number of aliphatic hydroxyl groups is 1. The van der Waals surface area contributed by atoms with Crippen LogP contribution in [0.1, 0.15) is 25.7 Å². The van der Waals surface area contributed by atoms with Crippen LogP contribution in [0.15, 0.2) is 24.7 Å². The van der Waals surface area contributed by atoms with Crippen LogP contribution in [0.25, 0.3) is 22.4 Å². The molecule has 0 radical (unpaired) electrons. The van der Waals surface area contributed by atoms with Crippen molar-refractivity contribution in [3.05, 3.63) is 35.5 Å². The molecule has 1 fully saturated rings. The van der Waals surface area contributed by atoms with Crippen LogP contribution in [0.3, 0.4) is 0 Å². The highest BCUT2D eigenvalue weighted by atomic mass is 35.5. The lowest BCUT2D eigenvalue weighted by Crippen LogP contribution is -2.30. The summed E-state index contributed by atoms with van der Waals surface area (Å²) >= 11 is 6.03. The fourth-order valence-corrected chi connectivity index (χ4v) is 3.60. The highest BCUT2D eigenvalue weighted by molar-refractivity contribution is 6.31. The minimum absolute atomic E-state index is 0.109. The van der Waals surface area contributed by atoms with Crippen molar-refractivity contribution in [2.24, 2.45) is 5.92 Å². The second-order valence-electron chi connectivity index (χ2n) is 6.63. The van der Waals surface area contributed by atoms with Gasteiger partial charge in [-0.3, -0.25) is 0 Å². The molecular weight excluding hydrogens is 357 g/mol. The molecule has 0 aliphatic heterocycles. The zero-order valence-corrected chi connectivity index (χ0v) is 14.8. The SMILES string of the molecule is OC1CCCCC1CNc1nc(-c2c[nH]c3ncc(Cl)cc23)ncc1F. The lowest BCUT2D eigenvalue weighted by atomic mass is 9.86. The summed E-state index contributed by atoms with van der Waals surface area (Å²) in [5, 5.41) is 14.4. The predicted octanol–water partition coefficient (Wildman–Crippen LogP) is 3.78. The Morgan fingerprint density at radius 1 is 1.27 bits per heavy atom. The number of aromatic amines is 1. The molecule has 0 bridgehead atoms. The van der Waals surface area contributed by atoms with Crippen molar-refractivity contribution < 1.29 is 9.50 Å². The van der Waals surface area contributed by atoms with Crippen LogP contribution in [0.5, 0.6) is 0 Å². The van der Waals surface area contributed by atoms with Crippen molar-refractivity contribution in [3.63, 3.8) is 0 Å². The molecule has 3 aromatic rings. The molecule has 26 heavy (non-hydrogen) atoms. The normalized spacial score (nSPS) is 20.4. The number of hydrogen-bond acceptors (Lipinski definition) is 5. The van der Waals surface area contributed by atoms with E-state index in [1.54, 1.807) is 18.5 Å². The summed E-state index contributed by atoms with van der Waals surface area (Å²) in [5.41, 5.74) is 1.37. The van der Waals surface area contributed by atoms with E-state index in [1.807, 2.05) is 0 Å². The number of aromatic nitrogens is 4. The lowest BCUT2D eigenvalue weighted by molar-refractivity contribution is 0.0762. The quantitative estimate of drug-likeness (QED) is 0.646. The molecule has 3 aromatic heterocycles. The molecule has 8 heteroatoms. The first-order valence-electron chi connectivity index (χ1n) is 8.69. The topological polar surface area (TPSA) is 86.7 Å². The minimum Gasteiger partial charge on any atom is -0.393 e. The molecule has 6 nitrogen and oxygen atoms in total. The molecule has 3 heterocycles. The number of rotatable bonds is 4. The molecule has 0 saturated heterocycles. The van der Waals surface area contributed by atoms with Gasteiger partial charge in [-0.2, -0.15) is 0 Å². The average Bonchev–Trinajstić information content (AvgIpc) is 3.05. The Balaban J connectivity index is 1.60. The zero-order chi connectivity index (χ0) is 18.1. The molecule has 0 amide bonds. The highest BCUT2D eigenvalue weighted by Crippen LogP contribution is 2.29. The summed E-state index contributed by atoms with van der Waals surface area (Å²) < 4.78 is 14.1. The van der Waals surface area contributed by atoms with Crippen molar-refractivity contribution >= 4 is 28.5 Å². The molecule has 1 aliphatic carbocycles. The molecular formula is C18H19ClFN5O. The Bertz CT molecular complexity index is 931. The van der Waals surface area contributed by atoms with Gasteiger partial charge in [-0.1, -0.05) is 24.4 Å². The van der Waals surface area contributed by atoms with E-state index in [-0.39, 0.29) is 17.8 Å². The van der Waals surface area contributed by atoms with Crippen LogP contribution < -0.4 is 5.32 Å². The molecule has 0 spiro atoms. The first-order valence-corrected chi connectivity index (χ1v) is 9.07. The Kier molecular flexibility index (Phi) is 4.74. The van der Waals surface area contributed by atoms with Crippen molar-refractivity contribution in [2.75, 3.05) is 11.9 Å². The van der Waals surface area contributed by atoms with Crippen molar-refractivity contribution in [1.82, 2.24) is 19.9 Å². The highest BCUT2D eigenvalue weighted by Gasteiger charge is 2.23. The summed E-state index contributed by atoms with van der Waals surface area (Å²) in [7, 11) is 0. The lowest BCUT2D eigenvalue weighted by Gasteiger charge is -2.27. The van der Waals surface area contributed by atoms with Gasteiger partial charge < -0.3 is 15.4 Å². The third-order valence-corrected chi connectivity index (χ3v) is 5.09.